The summed E-state index contributed by atoms with van der Waals surface area (Å²) in [4.78, 5) is 14.1. The number of hydrogen-bond acceptors (Lipinski definition) is 4. The van der Waals surface area contributed by atoms with Gasteiger partial charge in [0.05, 0.1) is 12.6 Å². The summed E-state index contributed by atoms with van der Waals surface area (Å²) < 4.78 is 11.2. The molecule has 1 heterocycles. The fourth-order valence-corrected chi connectivity index (χ4v) is 2.60. The molecule has 1 aliphatic heterocycles. The third-order valence-electron chi connectivity index (χ3n) is 3.53. The van der Waals surface area contributed by atoms with E-state index in [1.807, 2.05) is 34.6 Å². The summed E-state index contributed by atoms with van der Waals surface area (Å²) in [5.74, 6) is 0.0786. The van der Waals surface area contributed by atoms with Gasteiger partial charge in [0, 0.05) is 6.61 Å². The van der Waals surface area contributed by atoms with Gasteiger partial charge in [0.15, 0.2) is 0 Å². The summed E-state index contributed by atoms with van der Waals surface area (Å²) in [6, 6.07) is -0.0908. The first-order chi connectivity index (χ1) is 9.60. The summed E-state index contributed by atoms with van der Waals surface area (Å²) in [7, 11) is 0. The average molecular weight is 299 g/mol. The van der Waals surface area contributed by atoms with Crippen molar-refractivity contribution in [1.29, 1.82) is 0 Å². The zero-order valence-electron chi connectivity index (χ0n) is 13.9. The van der Waals surface area contributed by atoms with Crippen molar-refractivity contribution in [3.05, 3.63) is 12.7 Å². The molecule has 1 fully saturated rings. The Kier molecular flexibility index (Phi) is 5.82. The molecule has 1 rings (SSSR count). The van der Waals surface area contributed by atoms with Crippen molar-refractivity contribution in [2.24, 2.45) is 5.92 Å². The highest BCUT2D eigenvalue weighted by molar-refractivity contribution is 5.69. The Morgan fingerprint density at radius 1 is 1.57 bits per heavy atom. The Morgan fingerprint density at radius 2 is 2.19 bits per heavy atom. The minimum absolute atomic E-state index is 0.0745. The van der Waals surface area contributed by atoms with Gasteiger partial charge in [-0.1, -0.05) is 6.08 Å². The number of carbonyl (C=O) groups excluding carboxylic acids is 1. The van der Waals surface area contributed by atoms with Gasteiger partial charge in [0.2, 0.25) is 0 Å². The van der Waals surface area contributed by atoms with Crippen LogP contribution in [-0.2, 0) is 9.47 Å². The Balaban J connectivity index is 2.83. The van der Waals surface area contributed by atoms with Gasteiger partial charge in [0.25, 0.3) is 0 Å². The van der Waals surface area contributed by atoms with E-state index >= 15 is 0 Å². The molecule has 1 amide bonds. The number of aliphatic hydroxyl groups is 1. The first kappa shape index (κ1) is 18.0. The number of nitrogens with zero attached hydrogens (tertiary/aromatic N) is 1. The second kappa shape index (κ2) is 6.79. The minimum Gasteiger partial charge on any atom is -0.444 e. The van der Waals surface area contributed by atoms with Crippen LogP contribution in [0.1, 0.15) is 47.5 Å². The van der Waals surface area contributed by atoms with Crippen LogP contribution < -0.4 is 0 Å². The highest BCUT2D eigenvalue weighted by Crippen LogP contribution is 2.32. The lowest BCUT2D eigenvalue weighted by molar-refractivity contribution is -0.0633. The molecule has 21 heavy (non-hydrogen) atoms. The normalized spacial score (nSPS) is 23.0. The number of hydrogen-bond donors (Lipinski definition) is 1. The molecule has 5 nitrogen and oxygen atoms in total. The molecule has 2 atom stereocenters. The number of allylic oxidation sites excluding steroid dienone is 1. The van der Waals surface area contributed by atoms with E-state index in [4.69, 9.17) is 9.47 Å². The fraction of sp³-hybridized carbons (Fsp3) is 0.812. The molecule has 0 aromatic rings. The van der Waals surface area contributed by atoms with Crippen molar-refractivity contribution in [3.8, 4) is 0 Å². The maximum absolute atomic E-state index is 12.5. The molecule has 0 aromatic heterocycles. The van der Waals surface area contributed by atoms with E-state index in [1.54, 1.807) is 11.0 Å². The first-order valence-corrected chi connectivity index (χ1v) is 7.48. The molecule has 0 unspecified atom stereocenters. The molecule has 0 aliphatic carbocycles. The van der Waals surface area contributed by atoms with Crippen molar-refractivity contribution in [2.75, 3.05) is 13.2 Å². The zero-order chi connectivity index (χ0) is 16.3. The second-order valence-corrected chi connectivity index (χ2v) is 7.07. The van der Waals surface area contributed by atoms with Gasteiger partial charge in [-0.3, -0.25) is 4.90 Å². The molecule has 1 N–H and O–H groups in total. The van der Waals surface area contributed by atoms with Gasteiger partial charge in [-0.15, -0.1) is 6.58 Å². The maximum atomic E-state index is 12.5. The van der Waals surface area contributed by atoms with Gasteiger partial charge in [-0.25, -0.2) is 4.79 Å². The van der Waals surface area contributed by atoms with Gasteiger partial charge >= 0.3 is 6.09 Å². The monoisotopic (exact) mass is 299 g/mol. The molecule has 1 aliphatic rings. The van der Waals surface area contributed by atoms with Crippen molar-refractivity contribution >= 4 is 6.09 Å². The third kappa shape index (κ3) is 5.00. The summed E-state index contributed by atoms with van der Waals surface area (Å²) in [5.41, 5.74) is -1.24. The predicted molar refractivity (Wildman–Crippen MR) is 81.9 cm³/mol. The fourth-order valence-electron chi connectivity index (χ4n) is 2.60. The Morgan fingerprint density at radius 3 is 2.67 bits per heavy atom. The quantitative estimate of drug-likeness (QED) is 0.793. The second-order valence-electron chi connectivity index (χ2n) is 7.07. The molecule has 5 heteroatoms. The first-order valence-electron chi connectivity index (χ1n) is 7.48. The summed E-state index contributed by atoms with van der Waals surface area (Å²) in [6.45, 7) is 13.5. The highest BCUT2D eigenvalue weighted by atomic mass is 16.6. The van der Waals surface area contributed by atoms with E-state index in [0.717, 1.165) is 6.42 Å². The molecule has 0 aromatic carbocycles. The molecule has 122 valence electrons. The SMILES string of the molecule is C=CC[C@@H](CO)C[C@@H]1COC(C)(C)N1C(=O)OC(C)(C)C. The van der Waals surface area contributed by atoms with Crippen LogP contribution in [0.25, 0.3) is 0 Å². The Bertz CT molecular complexity index is 373. The van der Waals surface area contributed by atoms with Gasteiger partial charge in [0.1, 0.15) is 11.3 Å². The van der Waals surface area contributed by atoms with Crippen molar-refractivity contribution in [2.45, 2.75) is 64.8 Å². The standard InChI is InChI=1S/C16H29NO4/c1-7-8-12(10-18)9-13-11-20-16(5,6)17(13)14(19)21-15(2,3)4/h7,12-13,18H,1,8-11H2,2-6H3/t12-,13-/m1/s1. The van der Waals surface area contributed by atoms with Gasteiger partial charge in [-0.05, 0) is 53.4 Å². The van der Waals surface area contributed by atoms with E-state index < -0.39 is 11.3 Å². The summed E-state index contributed by atoms with van der Waals surface area (Å²) in [6.07, 6.45) is 2.81. The molecule has 0 spiro atoms. The van der Waals surface area contributed by atoms with Crippen LogP contribution in [0.2, 0.25) is 0 Å². The maximum Gasteiger partial charge on any atom is 0.412 e. The molecule has 0 bridgehead atoms. The number of ether oxygens (including phenoxy) is 2. The van der Waals surface area contributed by atoms with Crippen LogP contribution in [0, 0.1) is 5.92 Å². The molecule has 1 saturated heterocycles. The lowest BCUT2D eigenvalue weighted by atomic mass is 9.97. The number of amides is 1. The van der Waals surface area contributed by atoms with Gasteiger partial charge in [-0.2, -0.15) is 0 Å². The van der Waals surface area contributed by atoms with E-state index in [1.165, 1.54) is 0 Å². The zero-order valence-corrected chi connectivity index (χ0v) is 13.9. The molecular formula is C16H29NO4. The largest absolute Gasteiger partial charge is 0.444 e. The summed E-state index contributed by atoms with van der Waals surface area (Å²) in [5, 5.41) is 9.44. The number of carbonyl (C=O) groups is 1. The van der Waals surface area contributed by atoms with Crippen LogP contribution in [0.3, 0.4) is 0 Å². The minimum atomic E-state index is -0.693. The van der Waals surface area contributed by atoms with E-state index in [2.05, 4.69) is 6.58 Å². The molecule has 0 saturated carbocycles. The van der Waals surface area contributed by atoms with Crippen LogP contribution in [0.5, 0.6) is 0 Å². The lowest BCUT2D eigenvalue weighted by Gasteiger charge is -2.35. The van der Waals surface area contributed by atoms with E-state index in [9.17, 15) is 9.90 Å². The number of rotatable bonds is 5. The smallest absolute Gasteiger partial charge is 0.412 e. The average Bonchev–Trinajstić information content (AvgIpc) is 2.61. The van der Waals surface area contributed by atoms with E-state index in [0.29, 0.717) is 13.0 Å². The Hall–Kier alpha value is -1.07. The molecule has 0 radical (unpaired) electrons. The highest BCUT2D eigenvalue weighted by Gasteiger charge is 2.45. The summed E-state index contributed by atoms with van der Waals surface area (Å²) >= 11 is 0. The van der Waals surface area contributed by atoms with Crippen molar-refractivity contribution < 1.29 is 19.4 Å². The van der Waals surface area contributed by atoms with E-state index in [-0.39, 0.29) is 24.7 Å². The van der Waals surface area contributed by atoms with Crippen LogP contribution in [0.15, 0.2) is 12.7 Å². The van der Waals surface area contributed by atoms with Gasteiger partial charge < -0.3 is 14.6 Å². The van der Waals surface area contributed by atoms with Crippen LogP contribution in [0.4, 0.5) is 4.79 Å². The number of aliphatic hydroxyl groups excluding tert-OH is 1. The third-order valence-corrected chi connectivity index (χ3v) is 3.53. The van der Waals surface area contributed by atoms with Crippen molar-refractivity contribution in [1.82, 2.24) is 4.90 Å². The molecular weight excluding hydrogens is 270 g/mol. The van der Waals surface area contributed by atoms with Crippen LogP contribution in [-0.4, -0.2) is 46.7 Å². The topological polar surface area (TPSA) is 59.0 Å². The Labute approximate surface area is 127 Å². The lowest BCUT2D eigenvalue weighted by Crippen LogP contribution is -2.50. The van der Waals surface area contributed by atoms with Crippen molar-refractivity contribution in [3.63, 3.8) is 0 Å². The van der Waals surface area contributed by atoms with Crippen LogP contribution >= 0.6 is 0 Å². The predicted octanol–water partition coefficient (Wildman–Crippen LogP) is 2.93.